The SMILES string of the molecule is CC1=C(C(=O)Nc2ccccc2C)C(c2ccc([N+](=O)[O-])cc2)n2nc(SCc3ccccc3)nc2N1. The number of rotatable bonds is 7. The van der Waals surface area contributed by atoms with Crippen molar-refractivity contribution in [2.75, 3.05) is 10.6 Å². The summed E-state index contributed by atoms with van der Waals surface area (Å²) in [5.41, 5.74) is 4.54. The number of allylic oxidation sites excluding steroid dienone is 1. The fourth-order valence-electron chi connectivity index (χ4n) is 4.20. The molecule has 2 heterocycles. The van der Waals surface area contributed by atoms with Crippen molar-refractivity contribution in [1.82, 2.24) is 14.8 Å². The summed E-state index contributed by atoms with van der Waals surface area (Å²) in [6.45, 7) is 3.75. The van der Waals surface area contributed by atoms with Gasteiger partial charge in [-0.25, -0.2) is 4.68 Å². The molecule has 9 nitrogen and oxygen atoms in total. The van der Waals surface area contributed by atoms with Gasteiger partial charge in [0.15, 0.2) is 0 Å². The van der Waals surface area contributed by atoms with Gasteiger partial charge in [0.05, 0.1) is 10.5 Å². The van der Waals surface area contributed by atoms with Crippen molar-refractivity contribution in [1.29, 1.82) is 0 Å². The number of nitrogens with zero attached hydrogens (tertiary/aromatic N) is 4. The molecule has 5 rings (SSSR count). The normalized spacial score (nSPS) is 14.6. The molecule has 0 spiro atoms. The minimum atomic E-state index is -0.625. The summed E-state index contributed by atoms with van der Waals surface area (Å²) in [7, 11) is 0. The third kappa shape index (κ3) is 5.10. The molecule has 0 fully saturated rings. The zero-order valence-corrected chi connectivity index (χ0v) is 21.0. The first-order valence-electron chi connectivity index (χ1n) is 11.6. The van der Waals surface area contributed by atoms with Crippen LogP contribution in [0.1, 0.15) is 29.7 Å². The molecule has 0 saturated heterocycles. The van der Waals surface area contributed by atoms with Gasteiger partial charge in [0.25, 0.3) is 11.6 Å². The number of benzene rings is 3. The predicted molar refractivity (Wildman–Crippen MR) is 143 cm³/mol. The van der Waals surface area contributed by atoms with E-state index in [1.165, 1.54) is 23.9 Å². The van der Waals surface area contributed by atoms with Crippen LogP contribution in [0.5, 0.6) is 0 Å². The third-order valence-corrected chi connectivity index (χ3v) is 7.01. The number of nitrogens with one attached hydrogen (secondary N) is 2. The lowest BCUT2D eigenvalue weighted by atomic mass is 9.94. The van der Waals surface area contributed by atoms with Gasteiger partial charge in [0, 0.05) is 29.3 Å². The highest BCUT2D eigenvalue weighted by Crippen LogP contribution is 2.37. The molecule has 1 aromatic heterocycles. The van der Waals surface area contributed by atoms with E-state index in [4.69, 9.17) is 5.10 Å². The molecule has 4 aromatic rings. The number of nitro benzene ring substituents is 1. The largest absolute Gasteiger partial charge is 0.328 e. The number of nitro groups is 1. The monoisotopic (exact) mass is 512 g/mol. The molecule has 0 radical (unpaired) electrons. The van der Waals surface area contributed by atoms with Gasteiger partial charge in [-0.15, -0.1) is 5.10 Å². The summed E-state index contributed by atoms with van der Waals surface area (Å²) in [6.07, 6.45) is 0. The molecule has 0 aliphatic carbocycles. The van der Waals surface area contributed by atoms with Crippen LogP contribution in [0.4, 0.5) is 17.3 Å². The maximum atomic E-state index is 13.6. The van der Waals surface area contributed by atoms with Gasteiger partial charge in [-0.3, -0.25) is 14.9 Å². The number of carbonyl (C=O) groups excluding carboxylic acids is 1. The van der Waals surface area contributed by atoms with E-state index in [1.807, 2.05) is 68.4 Å². The van der Waals surface area contributed by atoms with E-state index in [0.717, 1.165) is 11.1 Å². The number of hydrogen-bond donors (Lipinski definition) is 2. The van der Waals surface area contributed by atoms with Crippen molar-refractivity contribution >= 4 is 35.0 Å². The number of carbonyl (C=O) groups is 1. The molecule has 1 atom stereocenters. The second-order valence-electron chi connectivity index (χ2n) is 8.62. The van der Waals surface area contributed by atoms with Gasteiger partial charge in [-0.05, 0) is 48.7 Å². The molecule has 37 heavy (non-hydrogen) atoms. The predicted octanol–water partition coefficient (Wildman–Crippen LogP) is 5.71. The highest BCUT2D eigenvalue weighted by Gasteiger charge is 2.34. The van der Waals surface area contributed by atoms with Crippen molar-refractivity contribution in [3.8, 4) is 0 Å². The smallest absolute Gasteiger partial charge is 0.269 e. The molecule has 0 saturated carbocycles. The molecule has 10 heteroatoms. The van der Waals surface area contributed by atoms with Gasteiger partial charge < -0.3 is 10.6 Å². The van der Waals surface area contributed by atoms with Crippen molar-refractivity contribution in [2.24, 2.45) is 0 Å². The van der Waals surface area contributed by atoms with Gasteiger partial charge in [0.2, 0.25) is 11.1 Å². The average Bonchev–Trinajstić information content (AvgIpc) is 3.31. The van der Waals surface area contributed by atoms with Gasteiger partial charge >= 0.3 is 0 Å². The second-order valence-corrected chi connectivity index (χ2v) is 9.56. The van der Waals surface area contributed by atoms with Crippen LogP contribution in [0, 0.1) is 17.0 Å². The van der Waals surface area contributed by atoms with Crippen LogP contribution in [0.3, 0.4) is 0 Å². The number of hydrogen-bond acceptors (Lipinski definition) is 7. The standard InChI is InChI=1S/C27H24N6O3S/c1-17-8-6-7-11-22(17)29-25(34)23-18(2)28-26-30-27(37-16-19-9-4-3-5-10-19)31-32(26)24(23)20-12-14-21(15-13-20)33(35)36/h3-15,24H,16H2,1-2H3,(H,29,34)(H,28,30,31). The van der Waals surface area contributed by atoms with E-state index >= 15 is 0 Å². The third-order valence-electron chi connectivity index (χ3n) is 6.10. The Kier molecular flexibility index (Phi) is 6.74. The maximum absolute atomic E-state index is 13.6. The number of thioether (sulfide) groups is 1. The van der Waals surface area contributed by atoms with Crippen LogP contribution < -0.4 is 10.6 Å². The highest BCUT2D eigenvalue weighted by molar-refractivity contribution is 7.98. The van der Waals surface area contributed by atoms with E-state index in [-0.39, 0.29) is 11.6 Å². The average molecular weight is 513 g/mol. The first-order valence-corrected chi connectivity index (χ1v) is 12.6. The van der Waals surface area contributed by atoms with Crippen molar-refractivity contribution < 1.29 is 9.72 Å². The lowest BCUT2D eigenvalue weighted by Gasteiger charge is -2.28. The van der Waals surface area contributed by atoms with E-state index in [1.54, 1.807) is 16.8 Å². The zero-order chi connectivity index (χ0) is 25.9. The molecule has 186 valence electrons. The van der Waals surface area contributed by atoms with Crippen molar-refractivity contribution in [3.63, 3.8) is 0 Å². The van der Waals surface area contributed by atoms with Gasteiger partial charge in [0.1, 0.15) is 6.04 Å². The molecular weight excluding hydrogens is 488 g/mol. The molecular formula is C27H24N6O3S. The topological polar surface area (TPSA) is 115 Å². The van der Waals surface area contributed by atoms with E-state index < -0.39 is 11.0 Å². The molecule has 1 aliphatic rings. The lowest BCUT2D eigenvalue weighted by Crippen LogP contribution is -2.31. The summed E-state index contributed by atoms with van der Waals surface area (Å²) in [5, 5.41) is 22.8. The molecule has 1 amide bonds. The number of anilines is 2. The molecule has 3 aromatic carbocycles. The van der Waals surface area contributed by atoms with E-state index in [2.05, 4.69) is 15.6 Å². The van der Waals surface area contributed by atoms with Crippen LogP contribution >= 0.6 is 11.8 Å². The summed E-state index contributed by atoms with van der Waals surface area (Å²) in [6, 6.07) is 23.1. The van der Waals surface area contributed by atoms with Crippen LogP contribution in [0.15, 0.2) is 95.3 Å². The first-order chi connectivity index (χ1) is 17.9. The summed E-state index contributed by atoms with van der Waals surface area (Å²) < 4.78 is 1.67. The Morgan fingerprint density at radius 2 is 1.76 bits per heavy atom. The number of para-hydroxylation sites is 1. The summed E-state index contributed by atoms with van der Waals surface area (Å²) in [5.74, 6) is 0.908. The van der Waals surface area contributed by atoms with Gasteiger partial charge in [-0.2, -0.15) is 4.98 Å². The minimum Gasteiger partial charge on any atom is -0.328 e. The van der Waals surface area contributed by atoms with E-state index in [9.17, 15) is 14.9 Å². The molecule has 1 aliphatic heterocycles. The minimum absolute atomic E-state index is 0.0257. The van der Waals surface area contributed by atoms with Crippen LogP contribution in [-0.4, -0.2) is 25.6 Å². The zero-order valence-electron chi connectivity index (χ0n) is 20.2. The Bertz CT molecular complexity index is 1500. The second kappa shape index (κ2) is 10.3. The van der Waals surface area contributed by atoms with Crippen LogP contribution in [0.2, 0.25) is 0 Å². The Hall–Kier alpha value is -4.44. The quantitative estimate of drug-likeness (QED) is 0.185. The number of aromatic nitrogens is 3. The van der Waals surface area contributed by atoms with E-state index in [0.29, 0.717) is 39.4 Å². The Morgan fingerprint density at radius 1 is 1.05 bits per heavy atom. The van der Waals surface area contributed by atoms with Crippen molar-refractivity contribution in [3.05, 3.63) is 117 Å². The number of aryl methyl sites for hydroxylation is 1. The Morgan fingerprint density at radius 3 is 2.46 bits per heavy atom. The Balaban J connectivity index is 1.52. The van der Waals surface area contributed by atoms with Crippen LogP contribution in [-0.2, 0) is 10.5 Å². The fraction of sp³-hybridized carbons (Fsp3) is 0.148. The number of fused-ring (bicyclic) bond motifs is 1. The summed E-state index contributed by atoms with van der Waals surface area (Å²) in [4.78, 5) is 29.1. The fourth-order valence-corrected chi connectivity index (χ4v) is 4.98. The number of amides is 1. The van der Waals surface area contributed by atoms with Crippen molar-refractivity contribution in [2.45, 2.75) is 30.8 Å². The molecule has 0 bridgehead atoms. The lowest BCUT2D eigenvalue weighted by molar-refractivity contribution is -0.384. The Labute approximate surface area is 217 Å². The summed E-state index contributed by atoms with van der Waals surface area (Å²) >= 11 is 1.49. The van der Waals surface area contributed by atoms with Gasteiger partial charge in [-0.1, -0.05) is 60.3 Å². The maximum Gasteiger partial charge on any atom is 0.269 e. The molecule has 2 N–H and O–H groups in total. The first kappa shape index (κ1) is 24.3. The van der Waals surface area contributed by atoms with Crippen LogP contribution in [0.25, 0.3) is 0 Å². The number of non-ortho nitro benzene ring substituents is 1. The highest BCUT2D eigenvalue weighted by atomic mass is 32.2. The molecule has 1 unspecified atom stereocenters.